The number of rotatable bonds is 5. The summed E-state index contributed by atoms with van der Waals surface area (Å²) in [4.78, 5) is 24.4. The molecule has 8 nitrogen and oxygen atoms in total. The minimum absolute atomic E-state index is 0.259. The molecule has 1 heterocycles. The van der Waals surface area contributed by atoms with Gasteiger partial charge in [0.1, 0.15) is 12.1 Å². The second-order valence-electron chi connectivity index (χ2n) is 5.76. The summed E-state index contributed by atoms with van der Waals surface area (Å²) < 4.78 is 29.6. The van der Waals surface area contributed by atoms with Gasteiger partial charge in [0, 0.05) is 6.54 Å². The van der Waals surface area contributed by atoms with Crippen molar-refractivity contribution in [1.29, 1.82) is 5.26 Å². The van der Waals surface area contributed by atoms with Gasteiger partial charge in [-0.3, -0.25) is 9.59 Å². The first-order valence-corrected chi connectivity index (χ1v) is 9.56. The summed E-state index contributed by atoms with van der Waals surface area (Å²) in [5.41, 5.74) is 0.602. The molecule has 1 saturated heterocycles. The van der Waals surface area contributed by atoms with Crippen LogP contribution in [-0.2, 0) is 24.3 Å². The van der Waals surface area contributed by atoms with E-state index in [0.717, 1.165) is 10.6 Å². The average Bonchev–Trinajstić information content (AvgIpc) is 3.05. The Morgan fingerprint density at radius 2 is 2.08 bits per heavy atom. The molecule has 0 unspecified atom stereocenters. The van der Waals surface area contributed by atoms with E-state index in [1.807, 2.05) is 6.07 Å². The number of sulfonamides is 1. The molecule has 134 valence electrons. The first kappa shape index (κ1) is 18.9. The smallest absolute Gasteiger partial charge is 0.325 e. The minimum Gasteiger partial charge on any atom is -0.451 e. The maximum absolute atomic E-state index is 12.2. The van der Waals surface area contributed by atoms with Crippen LogP contribution in [0.25, 0.3) is 0 Å². The number of carbonyl (C=O) groups excluding carboxylic acids is 2. The molecule has 2 atom stereocenters. The highest BCUT2D eigenvalue weighted by molar-refractivity contribution is 7.88. The highest BCUT2D eigenvalue weighted by Crippen LogP contribution is 2.22. The molecule has 9 heteroatoms. The normalized spacial score (nSPS) is 19.0. The van der Waals surface area contributed by atoms with E-state index in [-0.39, 0.29) is 12.1 Å². The molecule has 0 spiro atoms. The first-order valence-electron chi connectivity index (χ1n) is 7.71. The summed E-state index contributed by atoms with van der Waals surface area (Å²) in [6.07, 6.45) is 0.829. The number of para-hydroxylation sites is 1. The van der Waals surface area contributed by atoms with Crippen molar-refractivity contribution in [2.75, 3.05) is 18.1 Å². The van der Waals surface area contributed by atoms with E-state index in [1.165, 1.54) is 6.92 Å². The second kappa shape index (κ2) is 7.63. The van der Waals surface area contributed by atoms with Gasteiger partial charge in [0.15, 0.2) is 6.10 Å². The Balaban J connectivity index is 2.01. The van der Waals surface area contributed by atoms with Crippen LogP contribution in [0.5, 0.6) is 0 Å². The Morgan fingerprint density at radius 1 is 1.40 bits per heavy atom. The Morgan fingerprint density at radius 3 is 2.72 bits per heavy atom. The molecular formula is C16H19N3O5S. The molecule has 1 fully saturated rings. The van der Waals surface area contributed by atoms with Crippen LogP contribution >= 0.6 is 0 Å². The molecular weight excluding hydrogens is 346 g/mol. The van der Waals surface area contributed by atoms with E-state index < -0.39 is 34.0 Å². The molecule has 1 amide bonds. The fraction of sp³-hybridized carbons (Fsp3) is 0.438. The summed E-state index contributed by atoms with van der Waals surface area (Å²) in [7, 11) is -3.51. The van der Waals surface area contributed by atoms with E-state index in [2.05, 4.69) is 5.32 Å². The summed E-state index contributed by atoms with van der Waals surface area (Å²) in [6, 6.07) is 7.49. The van der Waals surface area contributed by atoms with Gasteiger partial charge < -0.3 is 10.1 Å². The van der Waals surface area contributed by atoms with Gasteiger partial charge in [-0.05, 0) is 31.9 Å². The van der Waals surface area contributed by atoms with Crippen LogP contribution in [0.3, 0.4) is 0 Å². The Bertz CT molecular complexity index is 815. The minimum atomic E-state index is -3.51. The number of carbonyl (C=O) groups is 2. The van der Waals surface area contributed by atoms with Crippen molar-refractivity contribution in [3.8, 4) is 6.07 Å². The number of hydrogen-bond donors (Lipinski definition) is 1. The van der Waals surface area contributed by atoms with Gasteiger partial charge in [-0.1, -0.05) is 12.1 Å². The van der Waals surface area contributed by atoms with Gasteiger partial charge in [0.2, 0.25) is 10.0 Å². The molecule has 0 aromatic heterocycles. The number of esters is 1. The van der Waals surface area contributed by atoms with Crippen LogP contribution in [0, 0.1) is 11.3 Å². The predicted molar refractivity (Wildman–Crippen MR) is 89.9 cm³/mol. The number of nitriles is 1. The molecule has 1 aromatic carbocycles. The number of hydrogen-bond acceptors (Lipinski definition) is 6. The summed E-state index contributed by atoms with van der Waals surface area (Å²) in [5, 5.41) is 11.5. The third-order valence-corrected chi connectivity index (χ3v) is 5.16. The van der Waals surface area contributed by atoms with E-state index >= 15 is 0 Å². The first-order chi connectivity index (χ1) is 11.7. The molecule has 0 saturated carbocycles. The monoisotopic (exact) mass is 365 g/mol. The molecule has 1 aromatic rings. The fourth-order valence-corrected chi connectivity index (χ4v) is 3.72. The zero-order chi connectivity index (χ0) is 18.6. The van der Waals surface area contributed by atoms with Gasteiger partial charge in [-0.25, -0.2) is 8.42 Å². The Labute approximate surface area is 146 Å². The van der Waals surface area contributed by atoms with Crippen molar-refractivity contribution >= 4 is 27.6 Å². The standard InChI is InChI=1S/C16H19N3O5S/c1-11(15(20)18-13-7-4-3-6-12(13)10-17)24-16(21)14-8-5-9-19(14)25(2,22)23/h3-4,6-7,11,14H,5,8-9H2,1-2H3,(H,18,20)/t11-,14+/m1/s1. The third kappa shape index (κ3) is 4.55. The number of nitrogens with one attached hydrogen (secondary N) is 1. The number of ether oxygens (including phenoxy) is 1. The molecule has 1 aliphatic rings. The van der Waals surface area contributed by atoms with Crippen molar-refractivity contribution in [1.82, 2.24) is 4.31 Å². The van der Waals surface area contributed by atoms with E-state index in [4.69, 9.17) is 10.00 Å². The van der Waals surface area contributed by atoms with E-state index in [0.29, 0.717) is 18.5 Å². The average molecular weight is 365 g/mol. The third-order valence-electron chi connectivity index (χ3n) is 3.87. The largest absolute Gasteiger partial charge is 0.451 e. The van der Waals surface area contributed by atoms with Crippen LogP contribution in [0.2, 0.25) is 0 Å². The van der Waals surface area contributed by atoms with Crippen molar-refractivity contribution in [3.05, 3.63) is 29.8 Å². The predicted octanol–water partition coefficient (Wildman–Crippen LogP) is 0.852. The number of benzene rings is 1. The lowest BCUT2D eigenvalue weighted by Crippen LogP contribution is -2.43. The summed E-state index contributed by atoms with van der Waals surface area (Å²) in [5.74, 6) is -1.35. The second-order valence-corrected chi connectivity index (χ2v) is 7.69. The quantitative estimate of drug-likeness (QED) is 0.773. The van der Waals surface area contributed by atoms with Crippen molar-refractivity contribution < 1.29 is 22.7 Å². The van der Waals surface area contributed by atoms with Gasteiger partial charge in [-0.2, -0.15) is 9.57 Å². The van der Waals surface area contributed by atoms with E-state index in [1.54, 1.807) is 24.3 Å². The van der Waals surface area contributed by atoms with Crippen LogP contribution in [0.15, 0.2) is 24.3 Å². The topological polar surface area (TPSA) is 117 Å². The van der Waals surface area contributed by atoms with Crippen LogP contribution in [0.1, 0.15) is 25.3 Å². The lowest BCUT2D eigenvalue weighted by Gasteiger charge is -2.22. The number of amides is 1. The van der Waals surface area contributed by atoms with Gasteiger partial charge >= 0.3 is 5.97 Å². The van der Waals surface area contributed by atoms with Crippen LogP contribution in [-0.4, -0.2) is 49.5 Å². The SMILES string of the molecule is C[C@@H](OC(=O)[C@@H]1CCCN1S(C)(=O)=O)C(=O)Nc1ccccc1C#N. The van der Waals surface area contributed by atoms with E-state index in [9.17, 15) is 18.0 Å². The maximum Gasteiger partial charge on any atom is 0.325 e. The molecule has 1 aliphatic heterocycles. The molecule has 0 bridgehead atoms. The molecule has 2 rings (SSSR count). The number of nitrogens with zero attached hydrogens (tertiary/aromatic N) is 2. The highest BCUT2D eigenvalue weighted by Gasteiger charge is 2.38. The van der Waals surface area contributed by atoms with Gasteiger partial charge in [0.05, 0.1) is 17.5 Å². The Kier molecular flexibility index (Phi) is 5.77. The molecule has 1 N–H and O–H groups in total. The van der Waals surface area contributed by atoms with Crippen LogP contribution < -0.4 is 5.32 Å². The highest BCUT2D eigenvalue weighted by atomic mass is 32.2. The fourth-order valence-electron chi connectivity index (χ4n) is 2.60. The zero-order valence-corrected chi connectivity index (χ0v) is 14.7. The maximum atomic E-state index is 12.2. The van der Waals surface area contributed by atoms with Crippen molar-refractivity contribution in [2.24, 2.45) is 0 Å². The number of anilines is 1. The van der Waals surface area contributed by atoms with Crippen molar-refractivity contribution in [3.63, 3.8) is 0 Å². The lowest BCUT2D eigenvalue weighted by molar-refractivity contribution is -0.156. The van der Waals surface area contributed by atoms with Crippen molar-refractivity contribution in [2.45, 2.75) is 31.9 Å². The van der Waals surface area contributed by atoms with Crippen LogP contribution in [0.4, 0.5) is 5.69 Å². The Hall–Kier alpha value is -2.44. The molecule has 25 heavy (non-hydrogen) atoms. The summed E-state index contributed by atoms with van der Waals surface area (Å²) in [6.45, 7) is 1.65. The summed E-state index contributed by atoms with van der Waals surface area (Å²) >= 11 is 0. The molecule has 0 radical (unpaired) electrons. The van der Waals surface area contributed by atoms with Gasteiger partial charge in [-0.15, -0.1) is 0 Å². The van der Waals surface area contributed by atoms with Gasteiger partial charge in [0.25, 0.3) is 5.91 Å². The molecule has 0 aliphatic carbocycles. The lowest BCUT2D eigenvalue weighted by atomic mass is 10.2. The zero-order valence-electron chi connectivity index (χ0n) is 13.9.